The van der Waals surface area contributed by atoms with Crippen LogP contribution in [-0.2, 0) is 9.59 Å². The lowest BCUT2D eigenvalue weighted by molar-refractivity contribution is -0.139. The van der Waals surface area contributed by atoms with Crippen LogP contribution in [0, 0.1) is 0 Å². The molecule has 2 unspecified atom stereocenters. The largest absolute Gasteiger partial charge is 0.481 e. The number of likely N-dealkylation sites (N-methyl/N-ethyl adjacent to an activating group) is 1. The van der Waals surface area contributed by atoms with E-state index in [0.717, 1.165) is 0 Å². The lowest BCUT2D eigenvalue weighted by Crippen LogP contribution is -2.43. The molecule has 0 aliphatic heterocycles. The Labute approximate surface area is 118 Å². The molecule has 2 N–H and O–H groups in total. The number of carbonyl (C=O) groups excluding carboxylic acids is 1. The average molecular weight is 282 g/mol. The van der Waals surface area contributed by atoms with Gasteiger partial charge in [-0.15, -0.1) is 0 Å². The van der Waals surface area contributed by atoms with Crippen molar-refractivity contribution in [2.24, 2.45) is 0 Å². The molecule has 1 aromatic heterocycles. The van der Waals surface area contributed by atoms with Gasteiger partial charge in [0.2, 0.25) is 5.91 Å². The van der Waals surface area contributed by atoms with Gasteiger partial charge in [0.1, 0.15) is 5.76 Å². The molecule has 6 nitrogen and oxygen atoms in total. The van der Waals surface area contributed by atoms with E-state index in [1.165, 1.54) is 0 Å². The Balaban J connectivity index is 2.48. The van der Waals surface area contributed by atoms with Gasteiger partial charge in [0.25, 0.3) is 0 Å². The third kappa shape index (κ3) is 5.05. The first-order chi connectivity index (χ1) is 9.43. The molecule has 0 radical (unpaired) electrons. The fourth-order valence-electron chi connectivity index (χ4n) is 2.04. The van der Waals surface area contributed by atoms with Gasteiger partial charge in [-0.2, -0.15) is 0 Å². The van der Waals surface area contributed by atoms with Crippen LogP contribution in [0.1, 0.15) is 39.0 Å². The van der Waals surface area contributed by atoms with Gasteiger partial charge < -0.3 is 14.8 Å². The van der Waals surface area contributed by atoms with E-state index in [4.69, 9.17) is 9.52 Å². The molecule has 0 saturated heterocycles. The predicted octanol–water partition coefficient (Wildman–Crippen LogP) is 1.64. The summed E-state index contributed by atoms with van der Waals surface area (Å²) in [4.78, 5) is 24.5. The molecule has 112 valence electrons. The van der Waals surface area contributed by atoms with Crippen LogP contribution in [0.3, 0.4) is 0 Å². The van der Waals surface area contributed by atoms with Crippen LogP contribution in [0.2, 0.25) is 0 Å². The zero-order valence-electron chi connectivity index (χ0n) is 12.1. The van der Waals surface area contributed by atoms with E-state index in [0.29, 0.717) is 12.3 Å². The molecule has 0 aromatic carbocycles. The lowest BCUT2D eigenvalue weighted by atomic mass is 10.2. The van der Waals surface area contributed by atoms with E-state index in [1.807, 2.05) is 18.7 Å². The van der Waals surface area contributed by atoms with Crippen LogP contribution in [0.15, 0.2) is 22.8 Å². The minimum atomic E-state index is -0.861. The molecule has 0 saturated carbocycles. The van der Waals surface area contributed by atoms with Gasteiger partial charge in [0.05, 0.1) is 25.3 Å². The molecule has 6 heteroatoms. The molecule has 1 aromatic rings. The van der Waals surface area contributed by atoms with Crippen molar-refractivity contribution in [2.45, 2.75) is 39.3 Å². The number of carboxylic acid groups (broad SMARTS) is 1. The summed E-state index contributed by atoms with van der Waals surface area (Å²) in [6.07, 6.45) is 1.58. The van der Waals surface area contributed by atoms with Crippen LogP contribution in [0.5, 0.6) is 0 Å². The first-order valence-corrected chi connectivity index (χ1v) is 6.72. The van der Waals surface area contributed by atoms with Crippen molar-refractivity contribution in [1.82, 2.24) is 10.2 Å². The molecule has 1 rings (SSSR count). The quantitative estimate of drug-likeness (QED) is 0.757. The van der Waals surface area contributed by atoms with E-state index in [2.05, 4.69) is 5.32 Å². The number of nitrogens with zero attached hydrogens (tertiary/aromatic N) is 1. The highest BCUT2D eigenvalue weighted by Crippen LogP contribution is 2.12. The second-order valence-corrected chi connectivity index (χ2v) is 4.81. The Hall–Kier alpha value is -1.82. The number of nitrogens with one attached hydrogen (secondary N) is 1. The average Bonchev–Trinajstić information content (AvgIpc) is 2.88. The highest BCUT2D eigenvalue weighted by molar-refractivity contribution is 5.78. The number of carbonyl (C=O) groups is 2. The van der Waals surface area contributed by atoms with E-state index in [1.54, 1.807) is 25.3 Å². The molecule has 1 heterocycles. The first kappa shape index (κ1) is 16.2. The zero-order chi connectivity index (χ0) is 15.1. The molecule has 0 fully saturated rings. The van der Waals surface area contributed by atoms with Crippen molar-refractivity contribution in [3.05, 3.63) is 24.2 Å². The van der Waals surface area contributed by atoms with Gasteiger partial charge in [-0.3, -0.25) is 14.5 Å². The van der Waals surface area contributed by atoms with Crippen molar-refractivity contribution in [3.63, 3.8) is 0 Å². The summed E-state index contributed by atoms with van der Waals surface area (Å²) >= 11 is 0. The number of carboxylic acids is 1. The minimum Gasteiger partial charge on any atom is -0.481 e. The number of hydrogen-bond donors (Lipinski definition) is 2. The standard InChI is InChI=1S/C14H22N2O4/c1-4-16(10(2)8-14(18)19)9-13(17)15-11(3)12-6-5-7-20-12/h5-7,10-11H,4,8-9H2,1-3H3,(H,15,17)(H,18,19). The van der Waals surface area contributed by atoms with Crippen molar-refractivity contribution in [3.8, 4) is 0 Å². The Bertz CT molecular complexity index is 430. The van der Waals surface area contributed by atoms with Crippen LogP contribution < -0.4 is 5.32 Å². The maximum atomic E-state index is 12.0. The smallest absolute Gasteiger partial charge is 0.304 e. The van der Waals surface area contributed by atoms with E-state index in [9.17, 15) is 9.59 Å². The topological polar surface area (TPSA) is 82.8 Å². The Morgan fingerprint density at radius 1 is 1.45 bits per heavy atom. The zero-order valence-corrected chi connectivity index (χ0v) is 12.1. The summed E-state index contributed by atoms with van der Waals surface area (Å²) in [5.74, 6) is -0.312. The van der Waals surface area contributed by atoms with Gasteiger partial charge >= 0.3 is 5.97 Å². The van der Waals surface area contributed by atoms with Gasteiger partial charge in [-0.25, -0.2) is 0 Å². The molecular weight excluding hydrogens is 260 g/mol. The van der Waals surface area contributed by atoms with E-state index >= 15 is 0 Å². The molecular formula is C14H22N2O4. The molecule has 0 spiro atoms. The summed E-state index contributed by atoms with van der Waals surface area (Å²) in [7, 11) is 0. The van der Waals surface area contributed by atoms with E-state index < -0.39 is 5.97 Å². The predicted molar refractivity (Wildman–Crippen MR) is 74.2 cm³/mol. The number of hydrogen-bond acceptors (Lipinski definition) is 4. The fraction of sp³-hybridized carbons (Fsp3) is 0.571. The maximum Gasteiger partial charge on any atom is 0.304 e. The van der Waals surface area contributed by atoms with Gasteiger partial charge in [0, 0.05) is 6.04 Å². The Kier molecular flexibility index (Phi) is 6.24. The number of aliphatic carboxylic acids is 1. The summed E-state index contributed by atoms with van der Waals surface area (Å²) in [6, 6.07) is 3.19. The Morgan fingerprint density at radius 3 is 2.65 bits per heavy atom. The van der Waals surface area contributed by atoms with Gasteiger partial charge in [-0.05, 0) is 32.5 Å². The normalized spacial score (nSPS) is 14.0. The van der Waals surface area contributed by atoms with Crippen molar-refractivity contribution >= 4 is 11.9 Å². The van der Waals surface area contributed by atoms with Gasteiger partial charge in [-0.1, -0.05) is 6.92 Å². The molecule has 0 bridgehead atoms. The Morgan fingerprint density at radius 2 is 2.15 bits per heavy atom. The maximum absolute atomic E-state index is 12.0. The third-order valence-electron chi connectivity index (χ3n) is 3.19. The third-order valence-corrected chi connectivity index (χ3v) is 3.19. The fourth-order valence-corrected chi connectivity index (χ4v) is 2.04. The molecule has 1 amide bonds. The van der Waals surface area contributed by atoms with Crippen LogP contribution >= 0.6 is 0 Å². The van der Waals surface area contributed by atoms with Crippen molar-refractivity contribution < 1.29 is 19.1 Å². The molecule has 2 atom stereocenters. The lowest BCUT2D eigenvalue weighted by Gasteiger charge is -2.26. The van der Waals surface area contributed by atoms with E-state index in [-0.39, 0.29) is 31.0 Å². The molecule has 0 aliphatic rings. The monoisotopic (exact) mass is 282 g/mol. The molecule has 0 aliphatic carbocycles. The summed E-state index contributed by atoms with van der Waals surface area (Å²) in [5, 5.41) is 11.6. The summed E-state index contributed by atoms with van der Waals surface area (Å²) < 4.78 is 5.22. The van der Waals surface area contributed by atoms with Crippen LogP contribution in [0.4, 0.5) is 0 Å². The molecule has 20 heavy (non-hydrogen) atoms. The summed E-state index contributed by atoms with van der Waals surface area (Å²) in [6.45, 7) is 6.35. The minimum absolute atomic E-state index is 0.0227. The highest BCUT2D eigenvalue weighted by Gasteiger charge is 2.19. The SMILES string of the molecule is CCN(CC(=O)NC(C)c1ccco1)C(C)CC(=O)O. The van der Waals surface area contributed by atoms with Gasteiger partial charge in [0.15, 0.2) is 0 Å². The highest BCUT2D eigenvalue weighted by atomic mass is 16.4. The second kappa shape index (κ2) is 7.69. The summed E-state index contributed by atoms with van der Waals surface area (Å²) in [5.41, 5.74) is 0. The van der Waals surface area contributed by atoms with Crippen LogP contribution in [0.25, 0.3) is 0 Å². The number of rotatable bonds is 8. The van der Waals surface area contributed by atoms with Crippen LogP contribution in [-0.4, -0.2) is 41.0 Å². The first-order valence-electron chi connectivity index (χ1n) is 6.72. The van der Waals surface area contributed by atoms with Crippen molar-refractivity contribution in [1.29, 1.82) is 0 Å². The van der Waals surface area contributed by atoms with Crippen molar-refractivity contribution in [2.75, 3.05) is 13.1 Å². The number of amides is 1. The second-order valence-electron chi connectivity index (χ2n) is 4.81. The number of furan rings is 1.